The molecule has 1 aromatic carbocycles. The number of ketones is 1. The zero-order chi connectivity index (χ0) is 14.7. The number of nitrogens with zero attached hydrogens (tertiary/aromatic N) is 2. The lowest BCUT2D eigenvalue weighted by atomic mass is 10.1. The Morgan fingerprint density at radius 1 is 1.45 bits per heavy atom. The molecule has 1 unspecified atom stereocenters. The van der Waals surface area contributed by atoms with E-state index in [0.717, 1.165) is 6.42 Å². The SMILES string of the molecule is NC(=O)C1CCCN1CC(=O)c1cccc([N+](=O)[O-])c1. The number of Topliss-reactive ketones (excluding diaryl/α,β-unsaturated/α-hetero) is 1. The topological polar surface area (TPSA) is 107 Å². The Kier molecular flexibility index (Phi) is 4.09. The van der Waals surface area contributed by atoms with Crippen LogP contribution in [0.5, 0.6) is 0 Å². The summed E-state index contributed by atoms with van der Waals surface area (Å²) in [5, 5.41) is 10.7. The first kappa shape index (κ1) is 14.1. The van der Waals surface area contributed by atoms with E-state index in [1.54, 1.807) is 4.90 Å². The van der Waals surface area contributed by atoms with Gasteiger partial charge in [-0.1, -0.05) is 12.1 Å². The van der Waals surface area contributed by atoms with Crippen molar-refractivity contribution in [1.82, 2.24) is 4.90 Å². The predicted octanol–water partition coefficient (Wildman–Crippen LogP) is 0.727. The predicted molar refractivity (Wildman–Crippen MR) is 71.2 cm³/mol. The van der Waals surface area contributed by atoms with Crippen LogP contribution in [0, 0.1) is 10.1 Å². The van der Waals surface area contributed by atoms with Gasteiger partial charge in [-0.25, -0.2) is 0 Å². The summed E-state index contributed by atoms with van der Waals surface area (Å²) in [5.41, 5.74) is 5.44. The van der Waals surface area contributed by atoms with Crippen molar-refractivity contribution >= 4 is 17.4 Å². The summed E-state index contributed by atoms with van der Waals surface area (Å²) in [5.74, 6) is -0.684. The molecule has 1 atom stereocenters. The molecule has 20 heavy (non-hydrogen) atoms. The first-order valence-corrected chi connectivity index (χ1v) is 6.30. The Morgan fingerprint density at radius 3 is 2.85 bits per heavy atom. The molecule has 2 rings (SSSR count). The van der Waals surface area contributed by atoms with Crippen molar-refractivity contribution in [3.63, 3.8) is 0 Å². The Hall–Kier alpha value is -2.28. The van der Waals surface area contributed by atoms with E-state index in [-0.39, 0.29) is 23.6 Å². The van der Waals surface area contributed by atoms with Crippen molar-refractivity contribution < 1.29 is 14.5 Å². The number of non-ortho nitro benzene ring substituents is 1. The van der Waals surface area contributed by atoms with Crippen molar-refractivity contribution in [1.29, 1.82) is 0 Å². The first-order chi connectivity index (χ1) is 9.49. The molecule has 0 saturated carbocycles. The number of nitro groups is 1. The molecular weight excluding hydrogens is 262 g/mol. The highest BCUT2D eigenvalue weighted by Gasteiger charge is 2.30. The molecule has 1 aromatic rings. The summed E-state index contributed by atoms with van der Waals surface area (Å²) in [6.07, 6.45) is 1.47. The van der Waals surface area contributed by atoms with Crippen LogP contribution in [0.3, 0.4) is 0 Å². The van der Waals surface area contributed by atoms with Gasteiger partial charge in [-0.15, -0.1) is 0 Å². The van der Waals surface area contributed by atoms with E-state index in [2.05, 4.69) is 0 Å². The van der Waals surface area contributed by atoms with Gasteiger partial charge >= 0.3 is 0 Å². The smallest absolute Gasteiger partial charge is 0.270 e. The van der Waals surface area contributed by atoms with Gasteiger partial charge in [-0.2, -0.15) is 0 Å². The number of likely N-dealkylation sites (tertiary alicyclic amines) is 1. The highest BCUT2D eigenvalue weighted by atomic mass is 16.6. The van der Waals surface area contributed by atoms with E-state index >= 15 is 0 Å². The molecule has 7 nitrogen and oxygen atoms in total. The molecule has 0 radical (unpaired) electrons. The third-order valence-electron chi connectivity index (χ3n) is 3.42. The summed E-state index contributed by atoms with van der Waals surface area (Å²) in [7, 11) is 0. The van der Waals surface area contributed by atoms with Gasteiger partial charge in [-0.3, -0.25) is 24.6 Å². The zero-order valence-corrected chi connectivity index (χ0v) is 10.8. The minimum absolute atomic E-state index is 0.0504. The van der Waals surface area contributed by atoms with Gasteiger partial charge < -0.3 is 5.73 Å². The lowest BCUT2D eigenvalue weighted by Gasteiger charge is -2.20. The van der Waals surface area contributed by atoms with Gasteiger partial charge in [0.2, 0.25) is 5.91 Å². The van der Waals surface area contributed by atoms with Crippen LogP contribution in [0.1, 0.15) is 23.2 Å². The standard InChI is InChI=1S/C13H15N3O4/c14-13(18)11-5-2-6-15(11)8-12(17)9-3-1-4-10(7-9)16(19)20/h1,3-4,7,11H,2,5-6,8H2,(H2,14,18). The fourth-order valence-electron chi connectivity index (χ4n) is 2.41. The molecule has 1 aliphatic rings. The third-order valence-corrected chi connectivity index (χ3v) is 3.42. The molecule has 0 spiro atoms. The quantitative estimate of drug-likeness (QED) is 0.485. The summed E-state index contributed by atoms with van der Waals surface area (Å²) >= 11 is 0. The molecule has 0 bridgehead atoms. The fraction of sp³-hybridized carbons (Fsp3) is 0.385. The summed E-state index contributed by atoms with van der Waals surface area (Å²) in [4.78, 5) is 35.2. The summed E-state index contributed by atoms with van der Waals surface area (Å²) < 4.78 is 0. The van der Waals surface area contributed by atoms with Crippen molar-refractivity contribution in [3.8, 4) is 0 Å². The number of carbonyl (C=O) groups is 2. The van der Waals surface area contributed by atoms with Crippen LogP contribution in [-0.2, 0) is 4.79 Å². The molecule has 1 heterocycles. The summed E-state index contributed by atoms with van der Waals surface area (Å²) in [6.45, 7) is 0.684. The second-order valence-corrected chi connectivity index (χ2v) is 4.76. The molecule has 1 saturated heterocycles. The van der Waals surface area contributed by atoms with E-state index in [1.165, 1.54) is 24.3 Å². The van der Waals surface area contributed by atoms with E-state index in [0.29, 0.717) is 13.0 Å². The number of primary amides is 1. The molecular formula is C13H15N3O4. The Balaban J connectivity index is 2.10. The van der Waals surface area contributed by atoms with Crippen molar-refractivity contribution in [2.75, 3.05) is 13.1 Å². The molecule has 0 aromatic heterocycles. The monoisotopic (exact) mass is 277 g/mol. The maximum absolute atomic E-state index is 12.1. The number of hydrogen-bond donors (Lipinski definition) is 1. The van der Waals surface area contributed by atoms with Gasteiger partial charge in [0.1, 0.15) is 0 Å². The first-order valence-electron chi connectivity index (χ1n) is 6.30. The third kappa shape index (κ3) is 3.00. The maximum atomic E-state index is 12.1. The normalized spacial score (nSPS) is 18.9. The van der Waals surface area contributed by atoms with Gasteiger partial charge in [0.05, 0.1) is 17.5 Å². The van der Waals surface area contributed by atoms with Crippen LogP contribution in [0.15, 0.2) is 24.3 Å². The number of nitrogens with two attached hydrogens (primary N) is 1. The van der Waals surface area contributed by atoms with Gasteiger partial charge in [-0.05, 0) is 19.4 Å². The zero-order valence-electron chi connectivity index (χ0n) is 10.8. The number of amides is 1. The molecule has 106 valence electrons. The number of carbonyl (C=O) groups excluding carboxylic acids is 2. The van der Waals surface area contributed by atoms with E-state index < -0.39 is 16.9 Å². The molecule has 1 fully saturated rings. The van der Waals surface area contributed by atoms with Gasteiger partial charge in [0.15, 0.2) is 5.78 Å². The second-order valence-electron chi connectivity index (χ2n) is 4.76. The molecule has 1 aliphatic heterocycles. The van der Waals surface area contributed by atoms with Crippen LogP contribution in [-0.4, -0.2) is 40.6 Å². The molecule has 1 amide bonds. The van der Waals surface area contributed by atoms with Crippen LogP contribution in [0.2, 0.25) is 0 Å². The van der Waals surface area contributed by atoms with E-state index in [9.17, 15) is 19.7 Å². The van der Waals surface area contributed by atoms with Crippen LogP contribution in [0.25, 0.3) is 0 Å². The van der Waals surface area contributed by atoms with Crippen LogP contribution in [0.4, 0.5) is 5.69 Å². The number of benzene rings is 1. The Labute approximate surface area is 115 Å². The van der Waals surface area contributed by atoms with Crippen molar-refractivity contribution in [2.24, 2.45) is 5.73 Å². The minimum Gasteiger partial charge on any atom is -0.368 e. The Morgan fingerprint density at radius 2 is 2.20 bits per heavy atom. The number of hydrogen-bond acceptors (Lipinski definition) is 5. The highest BCUT2D eigenvalue weighted by Crippen LogP contribution is 2.19. The lowest BCUT2D eigenvalue weighted by molar-refractivity contribution is -0.384. The molecule has 2 N–H and O–H groups in total. The van der Waals surface area contributed by atoms with Crippen LogP contribution >= 0.6 is 0 Å². The second kappa shape index (κ2) is 5.79. The highest BCUT2D eigenvalue weighted by molar-refractivity contribution is 5.98. The lowest BCUT2D eigenvalue weighted by Crippen LogP contribution is -2.42. The average molecular weight is 277 g/mol. The molecule has 7 heteroatoms. The minimum atomic E-state index is -0.543. The average Bonchev–Trinajstić information content (AvgIpc) is 2.87. The Bertz CT molecular complexity index is 558. The van der Waals surface area contributed by atoms with E-state index in [4.69, 9.17) is 5.73 Å². The number of rotatable bonds is 5. The number of nitro benzene ring substituents is 1. The summed E-state index contributed by atoms with van der Waals surface area (Å²) in [6, 6.07) is 5.17. The van der Waals surface area contributed by atoms with Gasteiger partial charge in [0, 0.05) is 17.7 Å². The molecule has 0 aliphatic carbocycles. The van der Waals surface area contributed by atoms with Crippen molar-refractivity contribution in [3.05, 3.63) is 39.9 Å². The van der Waals surface area contributed by atoms with E-state index in [1.807, 2.05) is 0 Å². The maximum Gasteiger partial charge on any atom is 0.270 e. The van der Waals surface area contributed by atoms with Crippen LogP contribution < -0.4 is 5.73 Å². The largest absolute Gasteiger partial charge is 0.368 e. The fourth-order valence-corrected chi connectivity index (χ4v) is 2.41. The van der Waals surface area contributed by atoms with Gasteiger partial charge in [0.25, 0.3) is 5.69 Å². The van der Waals surface area contributed by atoms with Crippen molar-refractivity contribution in [2.45, 2.75) is 18.9 Å².